The summed E-state index contributed by atoms with van der Waals surface area (Å²) in [5.41, 5.74) is 3.58. The van der Waals surface area contributed by atoms with Crippen LogP contribution in [-0.4, -0.2) is 34.3 Å². The Labute approximate surface area is 198 Å². The van der Waals surface area contributed by atoms with Crippen LogP contribution in [0.4, 0.5) is 4.39 Å². The van der Waals surface area contributed by atoms with Crippen molar-refractivity contribution in [2.45, 2.75) is 45.4 Å². The van der Waals surface area contributed by atoms with Gasteiger partial charge in [0, 0.05) is 31.9 Å². The summed E-state index contributed by atoms with van der Waals surface area (Å²) >= 11 is 0. The molecule has 2 heterocycles. The van der Waals surface area contributed by atoms with Crippen molar-refractivity contribution in [1.82, 2.24) is 15.2 Å². The van der Waals surface area contributed by atoms with Gasteiger partial charge in [-0.05, 0) is 65.9 Å². The first kappa shape index (κ1) is 23.4. The zero-order chi connectivity index (χ0) is 24.1. The lowest BCUT2D eigenvalue weighted by atomic mass is 9.87. The summed E-state index contributed by atoms with van der Waals surface area (Å²) in [7, 11) is 0. The molecule has 2 unspecified atom stereocenters. The van der Waals surface area contributed by atoms with Crippen molar-refractivity contribution in [3.63, 3.8) is 0 Å². The fraction of sp³-hybridized carbons (Fsp3) is 0.296. The minimum Gasteiger partial charge on any atom is -0.481 e. The summed E-state index contributed by atoms with van der Waals surface area (Å²) in [6.45, 7) is 4.44. The Bertz CT molecular complexity index is 1170. The number of nitrogens with one attached hydrogen (secondary N) is 1. The maximum absolute atomic E-state index is 14.1. The van der Waals surface area contributed by atoms with Crippen molar-refractivity contribution >= 4 is 11.8 Å². The molecule has 1 aliphatic rings. The molecule has 0 spiro atoms. The molecule has 0 bridgehead atoms. The summed E-state index contributed by atoms with van der Waals surface area (Å²) in [5.74, 6) is -0.0600. The number of carbonyl (C=O) groups is 2. The number of halogens is 1. The number of pyridine rings is 1. The van der Waals surface area contributed by atoms with Gasteiger partial charge in [-0.3, -0.25) is 14.6 Å². The molecule has 1 aromatic heterocycles. The van der Waals surface area contributed by atoms with Crippen molar-refractivity contribution in [3.05, 3.63) is 95.1 Å². The van der Waals surface area contributed by atoms with Gasteiger partial charge in [-0.1, -0.05) is 31.2 Å². The highest BCUT2D eigenvalue weighted by molar-refractivity contribution is 5.80. The molecule has 3 aromatic rings. The Hall–Kier alpha value is -3.74. The standard InChI is InChI=1S/C27H28FN3O3/c1-3-25(32)31-13-11-20-9-10-23(15-24(20)26(31)21-7-4-8-22(28)14-21)34-18(2)27(33)30-17-19-6-5-12-29-16-19/h4-10,12,14-16,18,26H,3,11,13,17H2,1-2H3,(H,30,33). The van der Waals surface area contributed by atoms with Crippen LogP contribution in [-0.2, 0) is 22.6 Å². The largest absolute Gasteiger partial charge is 0.481 e. The third kappa shape index (κ3) is 5.25. The average Bonchev–Trinajstić information content (AvgIpc) is 2.86. The molecular formula is C27H28FN3O3. The predicted molar refractivity (Wildman–Crippen MR) is 127 cm³/mol. The molecule has 2 amide bonds. The second kappa shape index (κ2) is 10.5. The molecule has 0 fully saturated rings. The zero-order valence-corrected chi connectivity index (χ0v) is 19.3. The lowest BCUT2D eigenvalue weighted by Gasteiger charge is -2.38. The van der Waals surface area contributed by atoms with Crippen LogP contribution in [0.1, 0.15) is 48.6 Å². The highest BCUT2D eigenvalue weighted by Gasteiger charge is 2.32. The van der Waals surface area contributed by atoms with Gasteiger partial charge in [0.05, 0.1) is 6.04 Å². The van der Waals surface area contributed by atoms with E-state index in [9.17, 15) is 14.0 Å². The molecule has 0 saturated heterocycles. The van der Waals surface area contributed by atoms with Crippen LogP contribution in [0.2, 0.25) is 0 Å². The SMILES string of the molecule is CCC(=O)N1CCc2ccc(OC(C)C(=O)NCc3cccnc3)cc2C1c1cccc(F)c1. The monoisotopic (exact) mass is 461 g/mol. The van der Waals surface area contributed by atoms with Crippen LogP contribution in [0.15, 0.2) is 67.0 Å². The van der Waals surface area contributed by atoms with E-state index in [1.54, 1.807) is 30.3 Å². The van der Waals surface area contributed by atoms with Crippen LogP contribution in [0.25, 0.3) is 0 Å². The highest BCUT2D eigenvalue weighted by atomic mass is 19.1. The molecule has 176 valence electrons. The van der Waals surface area contributed by atoms with Gasteiger partial charge in [0.25, 0.3) is 5.91 Å². The van der Waals surface area contributed by atoms with E-state index in [0.717, 1.165) is 16.7 Å². The number of hydrogen-bond donors (Lipinski definition) is 1. The summed E-state index contributed by atoms with van der Waals surface area (Å²) in [6.07, 6.45) is 3.73. The van der Waals surface area contributed by atoms with Gasteiger partial charge in [0.1, 0.15) is 11.6 Å². The second-order valence-corrected chi connectivity index (χ2v) is 8.35. The minimum atomic E-state index is -0.723. The van der Waals surface area contributed by atoms with Crippen molar-refractivity contribution in [2.75, 3.05) is 6.54 Å². The minimum absolute atomic E-state index is 0.00869. The van der Waals surface area contributed by atoms with Gasteiger partial charge in [0.2, 0.25) is 5.91 Å². The van der Waals surface area contributed by atoms with Crippen molar-refractivity contribution < 1.29 is 18.7 Å². The quantitative estimate of drug-likeness (QED) is 0.573. The number of ether oxygens (including phenoxy) is 1. The molecule has 0 radical (unpaired) electrons. The van der Waals surface area contributed by atoms with Crippen LogP contribution < -0.4 is 10.1 Å². The number of carbonyl (C=O) groups excluding carboxylic acids is 2. The first-order chi connectivity index (χ1) is 16.5. The van der Waals surface area contributed by atoms with Gasteiger partial charge in [-0.15, -0.1) is 0 Å². The van der Waals surface area contributed by atoms with Gasteiger partial charge in [-0.2, -0.15) is 0 Å². The maximum atomic E-state index is 14.1. The fourth-order valence-corrected chi connectivity index (χ4v) is 4.27. The molecule has 6 nitrogen and oxygen atoms in total. The molecule has 4 rings (SSSR count). The number of rotatable bonds is 7. The van der Waals surface area contributed by atoms with E-state index >= 15 is 0 Å². The number of benzene rings is 2. The number of fused-ring (bicyclic) bond motifs is 1. The average molecular weight is 462 g/mol. The number of amides is 2. The van der Waals surface area contributed by atoms with E-state index in [0.29, 0.717) is 37.2 Å². The van der Waals surface area contributed by atoms with E-state index in [1.165, 1.54) is 12.1 Å². The van der Waals surface area contributed by atoms with Gasteiger partial charge in [0.15, 0.2) is 6.10 Å². The Morgan fingerprint density at radius 3 is 2.79 bits per heavy atom. The van der Waals surface area contributed by atoms with Crippen LogP contribution in [0.3, 0.4) is 0 Å². The Balaban J connectivity index is 1.56. The summed E-state index contributed by atoms with van der Waals surface area (Å²) in [6, 6.07) is 15.3. The van der Waals surface area contributed by atoms with Crippen LogP contribution in [0, 0.1) is 5.82 Å². The van der Waals surface area contributed by atoms with Crippen LogP contribution >= 0.6 is 0 Å². The van der Waals surface area contributed by atoms with E-state index in [1.807, 2.05) is 43.3 Å². The summed E-state index contributed by atoms with van der Waals surface area (Å²) in [4.78, 5) is 31.1. The molecule has 2 aromatic carbocycles. The number of nitrogens with zero attached hydrogens (tertiary/aromatic N) is 2. The van der Waals surface area contributed by atoms with Gasteiger partial charge < -0.3 is 15.0 Å². The fourth-order valence-electron chi connectivity index (χ4n) is 4.27. The lowest BCUT2D eigenvalue weighted by Crippen LogP contribution is -2.40. The van der Waals surface area contributed by atoms with Gasteiger partial charge >= 0.3 is 0 Å². The summed E-state index contributed by atoms with van der Waals surface area (Å²) in [5, 5.41) is 2.85. The Morgan fingerprint density at radius 2 is 2.06 bits per heavy atom. The van der Waals surface area contributed by atoms with E-state index in [-0.39, 0.29) is 17.6 Å². The number of hydrogen-bond acceptors (Lipinski definition) is 4. The van der Waals surface area contributed by atoms with Gasteiger partial charge in [-0.25, -0.2) is 4.39 Å². The topological polar surface area (TPSA) is 71.5 Å². The normalized spacial score (nSPS) is 15.9. The highest BCUT2D eigenvalue weighted by Crippen LogP contribution is 2.37. The maximum Gasteiger partial charge on any atom is 0.261 e. The third-order valence-electron chi connectivity index (χ3n) is 6.00. The van der Waals surface area contributed by atoms with E-state index < -0.39 is 12.1 Å². The first-order valence-corrected chi connectivity index (χ1v) is 11.5. The summed E-state index contributed by atoms with van der Waals surface area (Å²) < 4.78 is 20.0. The Morgan fingerprint density at radius 1 is 1.21 bits per heavy atom. The molecule has 7 heteroatoms. The van der Waals surface area contributed by atoms with Crippen molar-refractivity contribution in [1.29, 1.82) is 0 Å². The zero-order valence-electron chi connectivity index (χ0n) is 19.3. The third-order valence-corrected chi connectivity index (χ3v) is 6.00. The van der Waals surface area contributed by atoms with Crippen molar-refractivity contribution in [3.8, 4) is 5.75 Å². The van der Waals surface area contributed by atoms with E-state index in [2.05, 4.69) is 10.3 Å². The van der Waals surface area contributed by atoms with Crippen LogP contribution in [0.5, 0.6) is 5.75 Å². The molecule has 0 saturated carbocycles. The molecule has 1 N–H and O–H groups in total. The molecular weight excluding hydrogens is 433 g/mol. The molecule has 2 atom stereocenters. The van der Waals surface area contributed by atoms with E-state index in [4.69, 9.17) is 4.74 Å². The molecule has 34 heavy (non-hydrogen) atoms. The molecule has 1 aliphatic heterocycles. The smallest absolute Gasteiger partial charge is 0.261 e. The first-order valence-electron chi connectivity index (χ1n) is 11.5. The lowest BCUT2D eigenvalue weighted by molar-refractivity contribution is -0.133. The molecule has 0 aliphatic carbocycles. The Kier molecular flexibility index (Phi) is 7.21. The number of aromatic nitrogens is 1. The predicted octanol–water partition coefficient (Wildman–Crippen LogP) is 4.19. The van der Waals surface area contributed by atoms with Crippen molar-refractivity contribution in [2.24, 2.45) is 0 Å². The second-order valence-electron chi connectivity index (χ2n) is 8.35.